The van der Waals surface area contributed by atoms with Crippen LogP contribution in [0.4, 0.5) is 10.1 Å². The van der Waals surface area contributed by atoms with Gasteiger partial charge in [-0.05, 0) is 36.4 Å². The van der Waals surface area contributed by atoms with E-state index in [4.69, 9.17) is 11.6 Å². The first kappa shape index (κ1) is 18.6. The predicted molar refractivity (Wildman–Crippen MR) is 99.6 cm³/mol. The summed E-state index contributed by atoms with van der Waals surface area (Å²) in [5.74, 6) is -0.235. The van der Waals surface area contributed by atoms with Crippen LogP contribution in [-0.4, -0.2) is 52.6 Å². The number of hydrogen-bond donors (Lipinski definition) is 1. The Labute approximate surface area is 156 Å². The number of benzene rings is 1. The molecular weight excluding hydrogens is 385 g/mol. The molecule has 136 valence electrons. The molecule has 5 nitrogen and oxygen atoms in total. The number of piperazine rings is 1. The summed E-state index contributed by atoms with van der Waals surface area (Å²) >= 11 is 6.84. The summed E-state index contributed by atoms with van der Waals surface area (Å²) in [4.78, 5) is 4.41. The van der Waals surface area contributed by atoms with Crippen LogP contribution >= 0.6 is 22.9 Å². The van der Waals surface area contributed by atoms with Crippen LogP contribution < -0.4 is 9.62 Å². The van der Waals surface area contributed by atoms with E-state index < -0.39 is 10.0 Å². The normalized spacial score (nSPS) is 16.3. The molecule has 0 atom stereocenters. The largest absolute Gasteiger partial charge is 0.369 e. The summed E-state index contributed by atoms with van der Waals surface area (Å²) in [6, 6.07) is 9.59. The summed E-state index contributed by atoms with van der Waals surface area (Å²) in [5, 5.41) is 0. The van der Waals surface area contributed by atoms with E-state index in [-0.39, 0.29) is 10.0 Å². The Hall–Kier alpha value is -1.19. The highest BCUT2D eigenvalue weighted by Gasteiger charge is 2.19. The maximum absolute atomic E-state index is 13.0. The van der Waals surface area contributed by atoms with E-state index in [0.29, 0.717) is 17.4 Å². The first-order valence-corrected chi connectivity index (χ1v) is 10.6. The van der Waals surface area contributed by atoms with Crippen molar-refractivity contribution in [3.8, 4) is 0 Å². The molecule has 1 saturated heterocycles. The van der Waals surface area contributed by atoms with Gasteiger partial charge in [0.2, 0.25) is 10.0 Å². The van der Waals surface area contributed by atoms with E-state index in [1.807, 2.05) is 0 Å². The van der Waals surface area contributed by atoms with Crippen molar-refractivity contribution in [2.75, 3.05) is 44.2 Å². The Morgan fingerprint density at radius 2 is 1.76 bits per heavy atom. The molecule has 0 spiro atoms. The number of anilines is 1. The lowest BCUT2D eigenvalue weighted by atomic mass is 10.2. The number of sulfonamides is 1. The molecule has 0 aliphatic carbocycles. The molecule has 1 fully saturated rings. The van der Waals surface area contributed by atoms with Crippen molar-refractivity contribution in [1.29, 1.82) is 0 Å². The molecule has 0 saturated carbocycles. The second kappa shape index (κ2) is 8.01. The third-order valence-corrected chi connectivity index (χ3v) is 7.28. The molecular formula is C16H19ClFN3O2S2. The van der Waals surface area contributed by atoms with Gasteiger partial charge in [0.15, 0.2) is 0 Å². The van der Waals surface area contributed by atoms with Crippen molar-refractivity contribution < 1.29 is 12.8 Å². The van der Waals surface area contributed by atoms with Gasteiger partial charge in [0, 0.05) is 45.0 Å². The van der Waals surface area contributed by atoms with Gasteiger partial charge in [0.05, 0.1) is 4.34 Å². The number of hydrogen-bond acceptors (Lipinski definition) is 5. The van der Waals surface area contributed by atoms with Crippen LogP contribution in [-0.2, 0) is 10.0 Å². The Balaban J connectivity index is 1.44. The van der Waals surface area contributed by atoms with E-state index in [1.54, 1.807) is 18.2 Å². The van der Waals surface area contributed by atoms with Gasteiger partial charge in [-0.25, -0.2) is 17.5 Å². The molecule has 0 amide bonds. The second-order valence-corrected chi connectivity index (χ2v) is 9.47. The summed E-state index contributed by atoms with van der Waals surface area (Å²) in [6.45, 7) is 4.34. The Kier molecular flexibility index (Phi) is 5.96. The average molecular weight is 404 g/mol. The van der Waals surface area contributed by atoms with Gasteiger partial charge in [-0.15, -0.1) is 11.3 Å². The van der Waals surface area contributed by atoms with Crippen LogP contribution in [0, 0.1) is 5.82 Å². The summed E-state index contributed by atoms with van der Waals surface area (Å²) < 4.78 is 40.6. The monoisotopic (exact) mass is 403 g/mol. The molecule has 1 aromatic heterocycles. The minimum absolute atomic E-state index is 0.235. The average Bonchev–Trinajstić information content (AvgIpc) is 3.04. The summed E-state index contributed by atoms with van der Waals surface area (Å²) in [6.07, 6.45) is 0. The van der Waals surface area contributed by atoms with Gasteiger partial charge in [-0.3, -0.25) is 4.90 Å². The zero-order valence-corrected chi connectivity index (χ0v) is 15.9. The van der Waals surface area contributed by atoms with Gasteiger partial charge in [0.25, 0.3) is 0 Å². The molecule has 1 aliphatic heterocycles. The molecule has 0 bridgehead atoms. The van der Waals surface area contributed by atoms with Crippen molar-refractivity contribution in [2.24, 2.45) is 0 Å². The minimum Gasteiger partial charge on any atom is -0.369 e. The molecule has 9 heteroatoms. The van der Waals surface area contributed by atoms with Gasteiger partial charge in [-0.2, -0.15) is 0 Å². The second-order valence-electron chi connectivity index (χ2n) is 5.76. The van der Waals surface area contributed by atoms with Crippen LogP contribution in [0.3, 0.4) is 0 Å². The zero-order valence-electron chi connectivity index (χ0n) is 13.5. The highest BCUT2D eigenvalue weighted by atomic mass is 35.5. The lowest BCUT2D eigenvalue weighted by molar-refractivity contribution is 0.262. The molecule has 3 rings (SSSR count). The van der Waals surface area contributed by atoms with E-state index in [2.05, 4.69) is 14.5 Å². The molecule has 1 aromatic carbocycles. The van der Waals surface area contributed by atoms with Crippen LogP contribution in [0.5, 0.6) is 0 Å². The molecule has 2 aromatic rings. The van der Waals surface area contributed by atoms with Crippen molar-refractivity contribution in [3.63, 3.8) is 0 Å². The maximum Gasteiger partial charge on any atom is 0.250 e. The van der Waals surface area contributed by atoms with Crippen molar-refractivity contribution in [2.45, 2.75) is 4.21 Å². The molecule has 2 heterocycles. The van der Waals surface area contributed by atoms with Crippen LogP contribution in [0.1, 0.15) is 0 Å². The maximum atomic E-state index is 13.0. The van der Waals surface area contributed by atoms with Crippen LogP contribution in [0.2, 0.25) is 4.34 Å². The lowest BCUT2D eigenvalue weighted by Crippen LogP contribution is -2.48. The smallest absolute Gasteiger partial charge is 0.250 e. The quantitative estimate of drug-likeness (QED) is 0.805. The SMILES string of the molecule is O=S(=O)(NCCN1CCN(c2ccc(F)cc2)CC1)c1ccc(Cl)s1. The standard InChI is InChI=1S/C16H19ClFN3O2S2/c17-15-5-6-16(24-15)25(22,23)19-7-8-20-9-11-21(12-10-20)14-3-1-13(18)2-4-14/h1-6,19H,7-12H2. The third kappa shape index (κ3) is 4.92. The van der Waals surface area contributed by atoms with Crippen molar-refractivity contribution >= 4 is 38.6 Å². The minimum atomic E-state index is -3.49. The summed E-state index contributed by atoms with van der Waals surface area (Å²) in [7, 11) is -3.49. The number of nitrogens with zero attached hydrogens (tertiary/aromatic N) is 2. The number of halogens is 2. The lowest BCUT2D eigenvalue weighted by Gasteiger charge is -2.36. The van der Waals surface area contributed by atoms with Crippen molar-refractivity contribution in [1.82, 2.24) is 9.62 Å². The Morgan fingerprint density at radius 3 is 2.36 bits per heavy atom. The molecule has 1 aliphatic rings. The molecule has 1 N–H and O–H groups in total. The summed E-state index contributed by atoms with van der Waals surface area (Å²) in [5.41, 5.74) is 1.01. The third-order valence-electron chi connectivity index (χ3n) is 4.10. The fraction of sp³-hybridized carbons (Fsp3) is 0.375. The fourth-order valence-electron chi connectivity index (χ4n) is 2.73. The van der Waals surface area contributed by atoms with E-state index in [1.165, 1.54) is 18.2 Å². The topological polar surface area (TPSA) is 52.7 Å². The van der Waals surface area contributed by atoms with Gasteiger partial charge >= 0.3 is 0 Å². The van der Waals surface area contributed by atoms with Crippen molar-refractivity contribution in [3.05, 3.63) is 46.6 Å². The fourth-order valence-corrected chi connectivity index (χ4v) is 5.28. The van der Waals surface area contributed by atoms with Crippen LogP contribution in [0.25, 0.3) is 0 Å². The number of thiophene rings is 1. The van der Waals surface area contributed by atoms with E-state index in [9.17, 15) is 12.8 Å². The predicted octanol–water partition coefficient (Wildman–Crippen LogP) is 2.64. The molecule has 0 radical (unpaired) electrons. The molecule has 25 heavy (non-hydrogen) atoms. The Morgan fingerprint density at radius 1 is 1.08 bits per heavy atom. The van der Waals surface area contributed by atoms with E-state index >= 15 is 0 Å². The van der Waals surface area contributed by atoms with Gasteiger partial charge in [-0.1, -0.05) is 11.6 Å². The van der Waals surface area contributed by atoms with Crippen LogP contribution in [0.15, 0.2) is 40.6 Å². The number of rotatable bonds is 6. The number of nitrogens with one attached hydrogen (secondary N) is 1. The molecule has 0 unspecified atom stereocenters. The first-order valence-electron chi connectivity index (χ1n) is 7.92. The first-order chi connectivity index (χ1) is 11.9. The van der Waals surface area contributed by atoms with Gasteiger partial charge in [0.1, 0.15) is 10.0 Å². The van der Waals surface area contributed by atoms with E-state index in [0.717, 1.165) is 43.2 Å². The zero-order chi connectivity index (χ0) is 17.9. The Bertz CT molecular complexity index is 803. The van der Waals surface area contributed by atoms with Gasteiger partial charge < -0.3 is 4.90 Å². The highest BCUT2D eigenvalue weighted by Crippen LogP contribution is 2.25. The highest BCUT2D eigenvalue weighted by molar-refractivity contribution is 7.91.